The van der Waals surface area contributed by atoms with Crippen molar-refractivity contribution in [3.63, 3.8) is 0 Å². The monoisotopic (exact) mass is 314 g/mol. The van der Waals surface area contributed by atoms with E-state index in [1.165, 1.54) is 7.11 Å². The van der Waals surface area contributed by atoms with E-state index in [9.17, 15) is 4.79 Å². The minimum atomic E-state index is -0.314. The quantitative estimate of drug-likeness (QED) is 0.814. The summed E-state index contributed by atoms with van der Waals surface area (Å²) in [4.78, 5) is 13.6. The molecular weight excluding hydrogens is 296 g/mol. The zero-order valence-corrected chi connectivity index (χ0v) is 12.6. The molecular formula is C13H19BrN2O2. The molecule has 0 radical (unpaired) electrons. The number of benzene rings is 1. The molecule has 1 aromatic rings. The molecule has 18 heavy (non-hydrogen) atoms. The normalized spacial score (nSPS) is 10.7. The van der Waals surface area contributed by atoms with Gasteiger partial charge in [0, 0.05) is 24.1 Å². The predicted molar refractivity (Wildman–Crippen MR) is 75.7 cm³/mol. The molecule has 0 unspecified atom stereocenters. The Labute approximate surface area is 116 Å². The van der Waals surface area contributed by atoms with Gasteiger partial charge in [-0.05, 0) is 31.8 Å². The first-order valence-electron chi connectivity index (χ1n) is 5.78. The first kappa shape index (κ1) is 15.1. The summed E-state index contributed by atoms with van der Waals surface area (Å²) in [6.07, 6.45) is 0. The zero-order chi connectivity index (χ0) is 13.5. The second-order valence-corrected chi connectivity index (χ2v) is 4.99. The van der Waals surface area contributed by atoms with E-state index >= 15 is 0 Å². The summed E-state index contributed by atoms with van der Waals surface area (Å²) in [7, 11) is 5.39. The SMILES string of the molecule is CNCCN(C)Cc1ccc(C(=O)OC)cc1Br. The number of ether oxygens (including phenoxy) is 1. The molecule has 4 nitrogen and oxygen atoms in total. The third-order valence-electron chi connectivity index (χ3n) is 2.66. The number of hydrogen-bond donors (Lipinski definition) is 1. The van der Waals surface area contributed by atoms with Crippen LogP contribution in [0.2, 0.25) is 0 Å². The number of likely N-dealkylation sites (N-methyl/N-ethyl adjacent to an activating group) is 2. The maximum absolute atomic E-state index is 11.4. The van der Waals surface area contributed by atoms with Crippen LogP contribution >= 0.6 is 15.9 Å². The van der Waals surface area contributed by atoms with Crippen molar-refractivity contribution in [3.8, 4) is 0 Å². The Kier molecular flexibility index (Phi) is 6.32. The topological polar surface area (TPSA) is 41.6 Å². The van der Waals surface area contributed by atoms with Gasteiger partial charge in [0.1, 0.15) is 0 Å². The van der Waals surface area contributed by atoms with E-state index in [2.05, 4.69) is 37.9 Å². The molecule has 0 amide bonds. The number of nitrogens with one attached hydrogen (secondary N) is 1. The van der Waals surface area contributed by atoms with Gasteiger partial charge in [0.05, 0.1) is 12.7 Å². The summed E-state index contributed by atoms with van der Waals surface area (Å²) in [6, 6.07) is 5.54. The lowest BCUT2D eigenvalue weighted by atomic mass is 10.1. The van der Waals surface area contributed by atoms with E-state index in [1.807, 2.05) is 13.1 Å². The van der Waals surface area contributed by atoms with E-state index in [4.69, 9.17) is 0 Å². The Morgan fingerprint density at radius 1 is 1.50 bits per heavy atom. The number of rotatable bonds is 6. The highest BCUT2D eigenvalue weighted by Crippen LogP contribution is 2.20. The molecule has 1 N–H and O–H groups in total. The molecule has 0 bridgehead atoms. The van der Waals surface area contributed by atoms with Crippen LogP contribution in [0, 0.1) is 0 Å². The Balaban J connectivity index is 2.70. The second-order valence-electron chi connectivity index (χ2n) is 4.14. The van der Waals surface area contributed by atoms with Crippen LogP contribution in [0.4, 0.5) is 0 Å². The van der Waals surface area contributed by atoms with Crippen LogP contribution in [0.15, 0.2) is 22.7 Å². The van der Waals surface area contributed by atoms with Gasteiger partial charge < -0.3 is 15.0 Å². The number of carbonyl (C=O) groups excluding carboxylic acids is 1. The van der Waals surface area contributed by atoms with Gasteiger partial charge >= 0.3 is 5.97 Å². The molecule has 0 fully saturated rings. The van der Waals surface area contributed by atoms with Gasteiger partial charge in [-0.2, -0.15) is 0 Å². The van der Waals surface area contributed by atoms with E-state index in [0.29, 0.717) is 5.56 Å². The highest BCUT2D eigenvalue weighted by atomic mass is 79.9. The molecule has 0 aromatic heterocycles. The van der Waals surface area contributed by atoms with E-state index in [1.54, 1.807) is 12.1 Å². The Morgan fingerprint density at radius 3 is 2.78 bits per heavy atom. The average Bonchev–Trinajstić information content (AvgIpc) is 2.37. The average molecular weight is 315 g/mol. The standard InChI is InChI=1S/C13H19BrN2O2/c1-15-6-7-16(2)9-11-5-4-10(8-12(11)14)13(17)18-3/h4-5,8,15H,6-7,9H2,1-3H3. The molecule has 5 heteroatoms. The van der Waals surface area contributed by atoms with Crippen molar-refractivity contribution >= 4 is 21.9 Å². The molecule has 0 heterocycles. The van der Waals surface area contributed by atoms with Crippen LogP contribution in [0.5, 0.6) is 0 Å². The van der Waals surface area contributed by atoms with Gasteiger partial charge in [-0.15, -0.1) is 0 Å². The van der Waals surface area contributed by atoms with Crippen molar-refractivity contribution < 1.29 is 9.53 Å². The van der Waals surface area contributed by atoms with Crippen molar-refractivity contribution in [2.75, 3.05) is 34.3 Å². The fourth-order valence-corrected chi connectivity index (χ4v) is 2.10. The second kappa shape index (κ2) is 7.51. The van der Waals surface area contributed by atoms with Gasteiger partial charge in [-0.3, -0.25) is 0 Å². The maximum atomic E-state index is 11.4. The molecule has 0 aliphatic heterocycles. The van der Waals surface area contributed by atoms with E-state index in [-0.39, 0.29) is 5.97 Å². The Morgan fingerprint density at radius 2 is 2.22 bits per heavy atom. The number of esters is 1. The van der Waals surface area contributed by atoms with Crippen LogP contribution < -0.4 is 5.32 Å². The highest BCUT2D eigenvalue weighted by molar-refractivity contribution is 9.10. The zero-order valence-electron chi connectivity index (χ0n) is 11.0. The molecule has 0 aliphatic rings. The van der Waals surface area contributed by atoms with Gasteiger partial charge in [0.2, 0.25) is 0 Å². The molecule has 0 saturated carbocycles. The summed E-state index contributed by atoms with van der Waals surface area (Å²) in [5.74, 6) is -0.314. The summed E-state index contributed by atoms with van der Waals surface area (Å²) < 4.78 is 5.62. The van der Waals surface area contributed by atoms with Crippen LogP contribution in [-0.4, -0.2) is 45.2 Å². The fourth-order valence-electron chi connectivity index (χ4n) is 1.59. The number of methoxy groups -OCH3 is 1. The van der Waals surface area contributed by atoms with Gasteiger partial charge in [0.25, 0.3) is 0 Å². The van der Waals surface area contributed by atoms with Crippen molar-refractivity contribution in [1.82, 2.24) is 10.2 Å². The first-order valence-corrected chi connectivity index (χ1v) is 6.57. The molecule has 0 saturated heterocycles. The molecule has 0 spiro atoms. The molecule has 1 rings (SSSR count). The van der Waals surface area contributed by atoms with Crippen molar-refractivity contribution in [1.29, 1.82) is 0 Å². The van der Waals surface area contributed by atoms with Gasteiger partial charge in [-0.25, -0.2) is 4.79 Å². The first-order chi connectivity index (χ1) is 8.58. The summed E-state index contributed by atoms with van der Waals surface area (Å²) >= 11 is 3.49. The van der Waals surface area contributed by atoms with Crippen molar-refractivity contribution in [2.24, 2.45) is 0 Å². The number of carbonyl (C=O) groups is 1. The highest BCUT2D eigenvalue weighted by Gasteiger charge is 2.09. The smallest absolute Gasteiger partial charge is 0.337 e. The van der Waals surface area contributed by atoms with Crippen LogP contribution in [0.3, 0.4) is 0 Å². The summed E-state index contributed by atoms with van der Waals surface area (Å²) in [5, 5.41) is 3.12. The molecule has 100 valence electrons. The van der Waals surface area contributed by atoms with E-state index in [0.717, 1.165) is 29.7 Å². The lowest BCUT2D eigenvalue weighted by Crippen LogP contribution is -2.27. The molecule has 1 aromatic carbocycles. The van der Waals surface area contributed by atoms with Crippen molar-refractivity contribution in [2.45, 2.75) is 6.54 Å². The van der Waals surface area contributed by atoms with Crippen LogP contribution in [-0.2, 0) is 11.3 Å². The fraction of sp³-hybridized carbons (Fsp3) is 0.462. The van der Waals surface area contributed by atoms with Crippen LogP contribution in [0.1, 0.15) is 15.9 Å². The summed E-state index contributed by atoms with van der Waals surface area (Å²) in [6.45, 7) is 2.76. The number of halogens is 1. The largest absolute Gasteiger partial charge is 0.465 e. The lowest BCUT2D eigenvalue weighted by molar-refractivity contribution is 0.0600. The van der Waals surface area contributed by atoms with Gasteiger partial charge in [-0.1, -0.05) is 22.0 Å². The minimum Gasteiger partial charge on any atom is -0.465 e. The Hall–Kier alpha value is -0.910. The number of nitrogens with zero attached hydrogens (tertiary/aromatic N) is 1. The van der Waals surface area contributed by atoms with Crippen molar-refractivity contribution in [3.05, 3.63) is 33.8 Å². The Bertz CT molecular complexity index is 410. The maximum Gasteiger partial charge on any atom is 0.337 e. The number of hydrogen-bond acceptors (Lipinski definition) is 4. The third kappa shape index (κ3) is 4.40. The molecule has 0 aliphatic carbocycles. The third-order valence-corrected chi connectivity index (χ3v) is 3.40. The predicted octanol–water partition coefficient (Wildman–Crippen LogP) is 1.89. The minimum absolute atomic E-state index is 0.314. The van der Waals surface area contributed by atoms with Gasteiger partial charge in [0.15, 0.2) is 0 Å². The van der Waals surface area contributed by atoms with E-state index < -0.39 is 0 Å². The summed E-state index contributed by atoms with van der Waals surface area (Å²) in [5.41, 5.74) is 1.72. The molecule has 0 atom stereocenters. The lowest BCUT2D eigenvalue weighted by Gasteiger charge is -2.17. The van der Waals surface area contributed by atoms with Crippen LogP contribution in [0.25, 0.3) is 0 Å².